The molecule has 1 aliphatic carbocycles. The van der Waals surface area contributed by atoms with Crippen molar-refractivity contribution in [1.29, 1.82) is 0 Å². The second-order valence-electron chi connectivity index (χ2n) is 4.35. The minimum atomic E-state index is 0.0489. The van der Waals surface area contributed by atoms with Crippen LogP contribution in [0.5, 0.6) is 0 Å². The number of hydrogen-bond donors (Lipinski definition) is 2. The lowest BCUT2D eigenvalue weighted by atomic mass is 9.84. The zero-order valence-electron chi connectivity index (χ0n) is 9.66. The highest BCUT2D eigenvalue weighted by Gasteiger charge is 2.27. The second kappa shape index (κ2) is 6.38. The standard InChI is InChI=1S/C11H22N2OS/c1-8(15-2)7-13-11(14)9-5-3-4-6-10(9)12/h8-10H,3-7,12H2,1-2H3,(H,13,14). The van der Waals surface area contributed by atoms with E-state index in [9.17, 15) is 4.79 Å². The van der Waals surface area contributed by atoms with Gasteiger partial charge in [0, 0.05) is 17.8 Å². The van der Waals surface area contributed by atoms with Gasteiger partial charge in [0.25, 0.3) is 0 Å². The summed E-state index contributed by atoms with van der Waals surface area (Å²) < 4.78 is 0. The number of nitrogens with two attached hydrogens (primary N) is 1. The Hall–Kier alpha value is -0.220. The molecule has 0 aromatic rings. The molecule has 0 radical (unpaired) electrons. The number of hydrogen-bond acceptors (Lipinski definition) is 3. The summed E-state index contributed by atoms with van der Waals surface area (Å²) in [5.41, 5.74) is 5.95. The molecule has 0 aromatic heterocycles. The van der Waals surface area contributed by atoms with Gasteiger partial charge in [-0.2, -0.15) is 11.8 Å². The molecule has 1 aliphatic rings. The molecule has 1 fully saturated rings. The molecule has 3 atom stereocenters. The van der Waals surface area contributed by atoms with Gasteiger partial charge in [0.2, 0.25) is 5.91 Å². The van der Waals surface area contributed by atoms with Crippen LogP contribution in [0.1, 0.15) is 32.6 Å². The van der Waals surface area contributed by atoms with E-state index in [4.69, 9.17) is 5.73 Å². The molecule has 88 valence electrons. The largest absolute Gasteiger partial charge is 0.355 e. The van der Waals surface area contributed by atoms with E-state index in [1.54, 1.807) is 11.8 Å². The van der Waals surface area contributed by atoms with E-state index in [1.807, 2.05) is 0 Å². The van der Waals surface area contributed by atoms with Gasteiger partial charge < -0.3 is 11.1 Å². The number of carbonyl (C=O) groups is 1. The van der Waals surface area contributed by atoms with Crippen LogP contribution in [0.4, 0.5) is 0 Å². The van der Waals surface area contributed by atoms with Crippen LogP contribution in [0.3, 0.4) is 0 Å². The number of thioether (sulfide) groups is 1. The molecule has 1 rings (SSSR count). The van der Waals surface area contributed by atoms with Crippen LogP contribution in [-0.4, -0.2) is 30.0 Å². The summed E-state index contributed by atoms with van der Waals surface area (Å²) in [5.74, 6) is 0.205. The number of amides is 1. The van der Waals surface area contributed by atoms with Crippen LogP contribution in [0.25, 0.3) is 0 Å². The van der Waals surface area contributed by atoms with Crippen molar-refractivity contribution >= 4 is 17.7 Å². The first-order valence-electron chi connectivity index (χ1n) is 5.71. The average molecular weight is 230 g/mol. The third kappa shape index (κ3) is 4.03. The van der Waals surface area contributed by atoms with E-state index in [0.29, 0.717) is 5.25 Å². The maximum absolute atomic E-state index is 11.8. The van der Waals surface area contributed by atoms with Gasteiger partial charge in [-0.05, 0) is 19.1 Å². The molecular formula is C11H22N2OS. The fourth-order valence-corrected chi connectivity index (χ4v) is 2.19. The second-order valence-corrected chi connectivity index (χ2v) is 5.62. The van der Waals surface area contributed by atoms with Crippen LogP contribution in [0, 0.1) is 5.92 Å². The van der Waals surface area contributed by atoms with E-state index < -0.39 is 0 Å². The smallest absolute Gasteiger partial charge is 0.224 e. The van der Waals surface area contributed by atoms with E-state index >= 15 is 0 Å². The molecule has 3 unspecified atom stereocenters. The summed E-state index contributed by atoms with van der Waals surface area (Å²) in [4.78, 5) is 11.8. The Bertz CT molecular complexity index is 211. The van der Waals surface area contributed by atoms with Gasteiger partial charge in [0.05, 0.1) is 5.92 Å². The van der Waals surface area contributed by atoms with Gasteiger partial charge in [-0.3, -0.25) is 4.79 Å². The lowest BCUT2D eigenvalue weighted by molar-refractivity contribution is -0.126. The summed E-state index contributed by atoms with van der Waals surface area (Å²) in [5, 5.41) is 3.47. The summed E-state index contributed by atoms with van der Waals surface area (Å²) in [6.07, 6.45) is 6.33. The van der Waals surface area contributed by atoms with E-state index in [-0.39, 0.29) is 17.9 Å². The van der Waals surface area contributed by atoms with Gasteiger partial charge in [-0.25, -0.2) is 0 Å². The van der Waals surface area contributed by atoms with Gasteiger partial charge in [0.15, 0.2) is 0 Å². The van der Waals surface area contributed by atoms with Crippen molar-refractivity contribution in [2.24, 2.45) is 11.7 Å². The van der Waals surface area contributed by atoms with E-state index in [1.165, 1.54) is 6.42 Å². The Morgan fingerprint density at radius 2 is 2.20 bits per heavy atom. The van der Waals surface area contributed by atoms with Crippen molar-refractivity contribution in [3.63, 3.8) is 0 Å². The van der Waals surface area contributed by atoms with E-state index in [2.05, 4.69) is 18.5 Å². The summed E-state index contributed by atoms with van der Waals surface area (Å²) in [6, 6.07) is 0.0725. The van der Waals surface area contributed by atoms with Crippen LogP contribution in [0.2, 0.25) is 0 Å². The molecule has 3 N–H and O–H groups in total. The Morgan fingerprint density at radius 1 is 1.53 bits per heavy atom. The first-order chi connectivity index (χ1) is 7.15. The van der Waals surface area contributed by atoms with E-state index in [0.717, 1.165) is 25.8 Å². The molecule has 4 heteroatoms. The van der Waals surface area contributed by atoms with Crippen molar-refractivity contribution in [2.45, 2.75) is 43.9 Å². The van der Waals surface area contributed by atoms with Gasteiger partial charge in [-0.15, -0.1) is 0 Å². The Labute approximate surface area is 96.6 Å². The molecule has 3 nitrogen and oxygen atoms in total. The molecular weight excluding hydrogens is 208 g/mol. The first kappa shape index (κ1) is 12.8. The number of rotatable bonds is 4. The van der Waals surface area contributed by atoms with Gasteiger partial charge >= 0.3 is 0 Å². The lowest BCUT2D eigenvalue weighted by Crippen LogP contribution is -2.44. The average Bonchev–Trinajstić information content (AvgIpc) is 2.26. The third-order valence-electron chi connectivity index (χ3n) is 3.12. The highest BCUT2D eigenvalue weighted by Crippen LogP contribution is 2.23. The molecule has 0 aromatic carbocycles. The Morgan fingerprint density at radius 3 is 2.80 bits per heavy atom. The van der Waals surface area contributed by atoms with Crippen LogP contribution < -0.4 is 11.1 Å². The topological polar surface area (TPSA) is 55.1 Å². The highest BCUT2D eigenvalue weighted by atomic mass is 32.2. The zero-order chi connectivity index (χ0) is 11.3. The summed E-state index contributed by atoms with van der Waals surface area (Å²) in [6.45, 7) is 2.87. The molecule has 0 bridgehead atoms. The molecule has 1 amide bonds. The third-order valence-corrected chi connectivity index (χ3v) is 4.09. The fraction of sp³-hybridized carbons (Fsp3) is 0.909. The predicted molar refractivity (Wildman–Crippen MR) is 65.9 cm³/mol. The van der Waals surface area contributed by atoms with Crippen molar-refractivity contribution in [2.75, 3.05) is 12.8 Å². The number of carbonyl (C=O) groups excluding carboxylic acids is 1. The summed E-state index contributed by atoms with van der Waals surface area (Å²) in [7, 11) is 0. The molecule has 15 heavy (non-hydrogen) atoms. The first-order valence-corrected chi connectivity index (χ1v) is 7.00. The molecule has 1 saturated carbocycles. The van der Waals surface area contributed by atoms with Crippen LogP contribution in [0.15, 0.2) is 0 Å². The Balaban J connectivity index is 2.32. The van der Waals surface area contributed by atoms with Crippen molar-refractivity contribution in [3.8, 4) is 0 Å². The van der Waals surface area contributed by atoms with Crippen molar-refractivity contribution in [1.82, 2.24) is 5.32 Å². The highest BCUT2D eigenvalue weighted by molar-refractivity contribution is 7.99. The maximum atomic E-state index is 11.8. The fourth-order valence-electron chi connectivity index (χ4n) is 1.94. The molecule has 0 saturated heterocycles. The maximum Gasteiger partial charge on any atom is 0.224 e. The minimum absolute atomic E-state index is 0.0489. The van der Waals surface area contributed by atoms with Gasteiger partial charge in [0.1, 0.15) is 0 Å². The van der Waals surface area contributed by atoms with Crippen LogP contribution >= 0.6 is 11.8 Å². The monoisotopic (exact) mass is 230 g/mol. The van der Waals surface area contributed by atoms with Crippen molar-refractivity contribution < 1.29 is 4.79 Å². The SMILES string of the molecule is CSC(C)CNC(=O)C1CCCCC1N. The summed E-state index contributed by atoms with van der Waals surface area (Å²) >= 11 is 1.77. The molecule has 0 spiro atoms. The van der Waals surface area contributed by atoms with Gasteiger partial charge in [-0.1, -0.05) is 19.8 Å². The normalized spacial score (nSPS) is 28.5. The lowest BCUT2D eigenvalue weighted by Gasteiger charge is -2.27. The predicted octanol–water partition coefficient (Wildman–Crippen LogP) is 1.37. The minimum Gasteiger partial charge on any atom is -0.355 e. The number of nitrogens with one attached hydrogen (secondary N) is 1. The zero-order valence-corrected chi connectivity index (χ0v) is 10.5. The molecule has 0 aliphatic heterocycles. The Kier molecular flexibility index (Phi) is 5.47. The molecule has 0 heterocycles. The quantitative estimate of drug-likeness (QED) is 0.767. The van der Waals surface area contributed by atoms with Crippen LogP contribution in [-0.2, 0) is 4.79 Å². The van der Waals surface area contributed by atoms with Crippen molar-refractivity contribution in [3.05, 3.63) is 0 Å².